The molecule has 2 fully saturated rings. The summed E-state index contributed by atoms with van der Waals surface area (Å²) in [5.74, 6) is 0.176. The van der Waals surface area contributed by atoms with E-state index in [-0.39, 0.29) is 23.9 Å². The number of carbonyl (C=O) groups is 1. The molecular formula is C25H36N4O4S2. The second kappa shape index (κ2) is 10.2. The average molecular weight is 521 g/mol. The number of benzene rings is 1. The van der Waals surface area contributed by atoms with E-state index in [1.807, 2.05) is 38.1 Å². The van der Waals surface area contributed by atoms with Crippen molar-refractivity contribution >= 4 is 33.0 Å². The predicted octanol–water partition coefficient (Wildman–Crippen LogP) is 2.31. The van der Waals surface area contributed by atoms with E-state index < -0.39 is 15.6 Å². The molecule has 0 spiro atoms. The molecule has 2 atom stereocenters. The summed E-state index contributed by atoms with van der Waals surface area (Å²) in [7, 11) is -3.57. The lowest BCUT2D eigenvalue weighted by atomic mass is 9.97. The summed E-state index contributed by atoms with van der Waals surface area (Å²) in [6, 6.07) is 10.9. The Morgan fingerprint density at radius 1 is 1.14 bits per heavy atom. The van der Waals surface area contributed by atoms with E-state index >= 15 is 0 Å². The highest BCUT2D eigenvalue weighted by Gasteiger charge is 2.39. The lowest BCUT2D eigenvalue weighted by Crippen LogP contribution is -2.63. The summed E-state index contributed by atoms with van der Waals surface area (Å²) in [4.78, 5) is 17.1. The van der Waals surface area contributed by atoms with E-state index in [0.717, 1.165) is 17.8 Å². The minimum absolute atomic E-state index is 0.0335. The molecule has 1 aromatic heterocycles. The number of anilines is 1. The van der Waals surface area contributed by atoms with Gasteiger partial charge in [-0.05, 0) is 48.9 Å². The fourth-order valence-electron chi connectivity index (χ4n) is 5.07. The summed E-state index contributed by atoms with van der Waals surface area (Å²) in [5.41, 5.74) is 0.875. The van der Waals surface area contributed by atoms with Gasteiger partial charge in [-0.2, -0.15) is 4.31 Å². The van der Waals surface area contributed by atoms with Gasteiger partial charge in [-0.25, -0.2) is 8.42 Å². The Kier molecular flexibility index (Phi) is 7.59. The average Bonchev–Trinajstić information content (AvgIpc) is 3.34. The number of hydrogen-bond acceptors (Lipinski definition) is 7. The molecule has 0 unspecified atom stereocenters. The number of nitrogens with zero attached hydrogens (tertiary/aromatic N) is 3. The Hall–Kier alpha value is -1.98. The lowest BCUT2D eigenvalue weighted by molar-refractivity contribution is -0.130. The number of hydrogen-bond donors (Lipinski definition) is 2. The van der Waals surface area contributed by atoms with Crippen molar-refractivity contribution in [2.75, 3.05) is 44.2 Å². The van der Waals surface area contributed by atoms with Gasteiger partial charge in [0.25, 0.3) is 10.0 Å². The summed E-state index contributed by atoms with van der Waals surface area (Å²) in [6.45, 7) is 10.8. The highest BCUT2D eigenvalue weighted by atomic mass is 32.2. The van der Waals surface area contributed by atoms with Gasteiger partial charge < -0.3 is 15.3 Å². The number of rotatable bonds is 7. The normalized spacial score (nSPS) is 23.0. The van der Waals surface area contributed by atoms with Crippen LogP contribution < -0.4 is 10.2 Å². The predicted molar refractivity (Wildman–Crippen MR) is 139 cm³/mol. The third-order valence-electron chi connectivity index (χ3n) is 6.88. The van der Waals surface area contributed by atoms with Crippen LogP contribution in [0.4, 0.5) is 5.69 Å². The maximum Gasteiger partial charge on any atom is 0.252 e. The monoisotopic (exact) mass is 520 g/mol. The van der Waals surface area contributed by atoms with Crippen molar-refractivity contribution in [1.82, 2.24) is 14.5 Å². The van der Waals surface area contributed by atoms with Gasteiger partial charge in [0.2, 0.25) is 5.91 Å². The molecule has 4 rings (SSSR count). The molecule has 2 aliphatic heterocycles. The van der Waals surface area contributed by atoms with Crippen LogP contribution in [0.15, 0.2) is 46.0 Å². The molecule has 1 amide bonds. The Bertz CT molecular complexity index is 1110. The van der Waals surface area contributed by atoms with E-state index in [4.69, 9.17) is 0 Å². The zero-order valence-corrected chi connectivity index (χ0v) is 22.5. The number of amides is 1. The zero-order chi connectivity index (χ0) is 25.4. The number of piperazine rings is 2. The molecule has 2 aliphatic rings. The van der Waals surface area contributed by atoms with Crippen LogP contribution in [0.5, 0.6) is 0 Å². The molecule has 10 heteroatoms. The molecule has 0 aliphatic carbocycles. The van der Waals surface area contributed by atoms with Crippen molar-refractivity contribution in [1.29, 1.82) is 0 Å². The first-order valence-corrected chi connectivity index (χ1v) is 14.5. The molecule has 2 aromatic rings. The molecule has 1 aromatic carbocycles. The van der Waals surface area contributed by atoms with Gasteiger partial charge in [0.1, 0.15) is 4.21 Å². The van der Waals surface area contributed by atoms with Crippen LogP contribution in [0.25, 0.3) is 0 Å². The Balaban J connectivity index is 1.63. The van der Waals surface area contributed by atoms with E-state index in [9.17, 15) is 18.3 Å². The van der Waals surface area contributed by atoms with E-state index in [1.54, 1.807) is 35.7 Å². The Labute approximate surface area is 212 Å². The van der Waals surface area contributed by atoms with E-state index in [2.05, 4.69) is 15.1 Å². The summed E-state index contributed by atoms with van der Waals surface area (Å²) < 4.78 is 28.6. The first-order valence-electron chi connectivity index (χ1n) is 12.1. The van der Waals surface area contributed by atoms with Crippen LogP contribution in [-0.2, 0) is 20.4 Å². The van der Waals surface area contributed by atoms with Crippen molar-refractivity contribution in [2.45, 2.75) is 49.6 Å². The molecule has 0 radical (unpaired) electrons. The van der Waals surface area contributed by atoms with Crippen molar-refractivity contribution in [3.05, 3.63) is 47.3 Å². The quantitative estimate of drug-likeness (QED) is 0.582. The van der Waals surface area contributed by atoms with Crippen molar-refractivity contribution in [3.63, 3.8) is 0 Å². The van der Waals surface area contributed by atoms with E-state index in [0.29, 0.717) is 36.9 Å². The number of thiophene rings is 1. The molecule has 3 heterocycles. The third-order valence-corrected chi connectivity index (χ3v) is 10.1. The number of sulfonamides is 1. The van der Waals surface area contributed by atoms with Crippen molar-refractivity contribution < 1.29 is 18.3 Å². The van der Waals surface area contributed by atoms with Crippen molar-refractivity contribution in [3.8, 4) is 0 Å². The van der Waals surface area contributed by atoms with Crippen molar-refractivity contribution in [2.24, 2.45) is 5.92 Å². The van der Waals surface area contributed by atoms with Crippen LogP contribution >= 0.6 is 11.3 Å². The highest BCUT2D eigenvalue weighted by molar-refractivity contribution is 7.91. The molecule has 8 nitrogen and oxygen atoms in total. The number of nitrogens with one attached hydrogen (secondary N) is 1. The van der Waals surface area contributed by atoms with Crippen LogP contribution in [-0.4, -0.2) is 80.0 Å². The fraction of sp³-hybridized carbons (Fsp3) is 0.560. The summed E-state index contributed by atoms with van der Waals surface area (Å²) >= 11 is 1.24. The van der Waals surface area contributed by atoms with Gasteiger partial charge in [-0.3, -0.25) is 9.69 Å². The molecule has 0 bridgehead atoms. The highest BCUT2D eigenvalue weighted by Crippen LogP contribution is 2.29. The topological polar surface area (TPSA) is 93.2 Å². The van der Waals surface area contributed by atoms with Crippen LogP contribution in [0.1, 0.15) is 33.3 Å². The Morgan fingerprint density at radius 3 is 2.46 bits per heavy atom. The second-order valence-electron chi connectivity index (χ2n) is 10.2. The molecule has 35 heavy (non-hydrogen) atoms. The standard InChI is InChI=1S/C25H36N4O4S2/c1-18(2)23-24(30)26-11-12-27(23)16-21-17-28(35(32,33)22-6-5-15-34-22)13-14-29(21)20-9-7-19(8-10-20)25(3,4)31/h5-10,15,18,21,23,31H,11-14,16-17H2,1-4H3,(H,26,30)/t21-,23+/m0/s1. The van der Waals surface area contributed by atoms with Crippen LogP contribution in [0, 0.1) is 5.92 Å². The third kappa shape index (κ3) is 5.56. The Morgan fingerprint density at radius 2 is 1.86 bits per heavy atom. The SMILES string of the molecule is CC(C)[C@@H]1C(=O)NCCN1C[C@H]1CN(S(=O)(=O)c2cccs2)CCN1c1ccc(C(C)(C)O)cc1. The van der Waals surface area contributed by atoms with Gasteiger partial charge in [0.05, 0.1) is 17.7 Å². The van der Waals surface area contributed by atoms with Crippen LogP contribution in [0.2, 0.25) is 0 Å². The number of aliphatic hydroxyl groups is 1. The molecule has 2 N–H and O–H groups in total. The van der Waals surface area contributed by atoms with Gasteiger partial charge >= 0.3 is 0 Å². The minimum atomic E-state index is -3.57. The van der Waals surface area contributed by atoms with E-state index in [1.165, 1.54) is 11.3 Å². The first kappa shape index (κ1) is 26.1. The minimum Gasteiger partial charge on any atom is -0.386 e. The van der Waals surface area contributed by atoms with Gasteiger partial charge in [-0.15, -0.1) is 11.3 Å². The maximum absolute atomic E-state index is 13.3. The smallest absolute Gasteiger partial charge is 0.252 e. The fourth-order valence-corrected chi connectivity index (χ4v) is 7.68. The van der Waals surface area contributed by atoms with Gasteiger partial charge in [0, 0.05) is 45.0 Å². The lowest BCUT2D eigenvalue weighted by Gasteiger charge is -2.46. The number of carbonyl (C=O) groups excluding carboxylic acids is 1. The molecular weight excluding hydrogens is 484 g/mol. The molecule has 0 saturated carbocycles. The summed E-state index contributed by atoms with van der Waals surface area (Å²) in [6.07, 6.45) is 0. The second-order valence-corrected chi connectivity index (χ2v) is 13.3. The first-order chi connectivity index (χ1) is 16.5. The molecule has 192 valence electrons. The molecule has 2 saturated heterocycles. The van der Waals surface area contributed by atoms with Crippen LogP contribution in [0.3, 0.4) is 0 Å². The largest absolute Gasteiger partial charge is 0.386 e. The van der Waals surface area contributed by atoms with Gasteiger partial charge in [0.15, 0.2) is 0 Å². The zero-order valence-electron chi connectivity index (χ0n) is 20.8. The van der Waals surface area contributed by atoms with Gasteiger partial charge in [-0.1, -0.05) is 32.0 Å². The summed E-state index contributed by atoms with van der Waals surface area (Å²) in [5, 5.41) is 15.1. The maximum atomic E-state index is 13.3.